The quantitative estimate of drug-likeness (QED) is 0.317. The fraction of sp³-hybridized carbons (Fsp3) is 0.842. The molecule has 0 aliphatic heterocycles. The van der Waals surface area contributed by atoms with Crippen molar-refractivity contribution >= 4 is 5.97 Å². The first-order chi connectivity index (χ1) is 10.2. The molecule has 0 bridgehead atoms. The summed E-state index contributed by atoms with van der Waals surface area (Å²) in [4.78, 5) is 10.3. The molecule has 0 aromatic carbocycles. The number of aliphatic carboxylic acids is 1. The summed E-state index contributed by atoms with van der Waals surface area (Å²) in [6.07, 6.45) is 20.5. The summed E-state index contributed by atoms with van der Waals surface area (Å²) in [5.74, 6) is 1.30. The van der Waals surface area contributed by atoms with Crippen molar-refractivity contribution < 1.29 is 9.90 Å². The Morgan fingerprint density at radius 2 is 1.52 bits per heavy atom. The predicted molar refractivity (Wildman–Crippen MR) is 89.5 cm³/mol. The van der Waals surface area contributed by atoms with Gasteiger partial charge in [0.1, 0.15) is 0 Å². The van der Waals surface area contributed by atoms with Gasteiger partial charge in [0.2, 0.25) is 0 Å². The fourth-order valence-corrected chi connectivity index (χ4v) is 3.23. The van der Waals surface area contributed by atoms with Crippen LogP contribution in [-0.4, -0.2) is 11.1 Å². The molecule has 1 rings (SSSR count). The van der Waals surface area contributed by atoms with Gasteiger partial charge in [-0.25, -0.2) is 4.79 Å². The van der Waals surface area contributed by atoms with E-state index in [0.29, 0.717) is 0 Å². The largest absolute Gasteiger partial charge is 0.478 e. The first-order valence-electron chi connectivity index (χ1n) is 9.13. The zero-order valence-electron chi connectivity index (χ0n) is 13.9. The van der Waals surface area contributed by atoms with Crippen LogP contribution < -0.4 is 0 Å². The highest BCUT2D eigenvalue weighted by molar-refractivity contribution is 5.79. The second-order valence-corrected chi connectivity index (χ2v) is 6.69. The van der Waals surface area contributed by atoms with Gasteiger partial charge >= 0.3 is 5.97 Å². The molecule has 0 saturated heterocycles. The van der Waals surface area contributed by atoms with Crippen LogP contribution >= 0.6 is 0 Å². The molecular formula is C19H34O2. The number of rotatable bonds is 14. The Hall–Kier alpha value is -0.790. The summed E-state index contributed by atoms with van der Waals surface area (Å²) in [6.45, 7) is 2.28. The average Bonchev–Trinajstić information content (AvgIpc) is 3.20. The number of carbonyl (C=O) groups is 1. The maximum atomic E-state index is 10.3. The first-order valence-corrected chi connectivity index (χ1v) is 9.13. The lowest BCUT2D eigenvalue weighted by molar-refractivity contribution is -0.131. The lowest BCUT2D eigenvalue weighted by Crippen LogP contribution is -1.87. The lowest BCUT2D eigenvalue weighted by Gasteiger charge is -2.02. The monoisotopic (exact) mass is 294 g/mol. The molecule has 2 heteroatoms. The lowest BCUT2D eigenvalue weighted by atomic mass is 10.0. The van der Waals surface area contributed by atoms with Crippen molar-refractivity contribution in [1.82, 2.24) is 0 Å². The minimum absolute atomic E-state index is 0.830. The molecule has 1 fully saturated rings. The van der Waals surface area contributed by atoms with Gasteiger partial charge in [-0.05, 0) is 31.1 Å². The molecule has 0 amide bonds. The minimum Gasteiger partial charge on any atom is -0.478 e. The third kappa shape index (κ3) is 10.6. The number of carboxylic acid groups (broad SMARTS) is 1. The second kappa shape index (κ2) is 11.8. The first kappa shape index (κ1) is 18.3. The fourth-order valence-electron chi connectivity index (χ4n) is 3.23. The molecule has 0 heterocycles. The Labute approximate surface area is 131 Å². The van der Waals surface area contributed by atoms with Gasteiger partial charge in [-0.15, -0.1) is 0 Å². The zero-order valence-corrected chi connectivity index (χ0v) is 13.9. The highest BCUT2D eigenvalue weighted by Gasteiger charge is 2.34. The van der Waals surface area contributed by atoms with E-state index in [-0.39, 0.29) is 0 Å². The third-order valence-corrected chi connectivity index (χ3v) is 4.70. The summed E-state index contributed by atoms with van der Waals surface area (Å²) in [7, 11) is 0. The minimum atomic E-state index is -0.830. The molecule has 0 aromatic rings. The van der Waals surface area contributed by atoms with Crippen LogP contribution in [-0.2, 0) is 4.79 Å². The molecule has 2 nitrogen and oxygen atoms in total. The number of unbranched alkanes of at least 4 members (excludes halogenated alkanes) is 8. The Morgan fingerprint density at radius 1 is 0.952 bits per heavy atom. The molecule has 1 N–H and O–H groups in total. The molecule has 0 radical (unpaired) electrons. The highest BCUT2D eigenvalue weighted by Crippen LogP contribution is 2.45. The van der Waals surface area contributed by atoms with Gasteiger partial charge in [0.05, 0.1) is 0 Å². The zero-order chi connectivity index (χ0) is 15.3. The van der Waals surface area contributed by atoms with E-state index in [9.17, 15) is 4.79 Å². The molecule has 0 aromatic heterocycles. The molecule has 0 spiro atoms. The van der Waals surface area contributed by atoms with Crippen molar-refractivity contribution in [2.45, 2.75) is 90.4 Å². The summed E-state index contributed by atoms with van der Waals surface area (Å²) in [5, 5.41) is 8.46. The molecule has 2 unspecified atom stereocenters. The number of hydrogen-bond acceptors (Lipinski definition) is 1. The van der Waals surface area contributed by atoms with E-state index >= 15 is 0 Å². The van der Waals surface area contributed by atoms with Crippen molar-refractivity contribution in [2.24, 2.45) is 11.8 Å². The molecule has 21 heavy (non-hydrogen) atoms. The molecule has 2 atom stereocenters. The Balaban J connectivity index is 1.78. The van der Waals surface area contributed by atoms with Crippen molar-refractivity contribution in [2.75, 3.05) is 0 Å². The standard InChI is InChI=1S/C19H34O2/c1-2-3-4-10-13-17-16-18(17)14-11-8-6-5-7-9-12-15-19(20)21/h12,15,17-18H,2-11,13-14,16H2,1H3,(H,20,21). The van der Waals surface area contributed by atoms with Gasteiger partial charge < -0.3 is 5.11 Å². The van der Waals surface area contributed by atoms with E-state index in [4.69, 9.17) is 5.11 Å². The molecule has 1 saturated carbocycles. The number of hydrogen-bond donors (Lipinski definition) is 1. The Bertz CT molecular complexity index is 296. The highest BCUT2D eigenvalue weighted by atomic mass is 16.4. The molecular weight excluding hydrogens is 260 g/mol. The van der Waals surface area contributed by atoms with E-state index in [2.05, 4.69) is 6.92 Å². The third-order valence-electron chi connectivity index (χ3n) is 4.70. The van der Waals surface area contributed by atoms with Crippen LogP contribution in [0, 0.1) is 11.8 Å². The Kier molecular flexibility index (Phi) is 10.3. The smallest absolute Gasteiger partial charge is 0.327 e. The number of carboxylic acids is 1. The van der Waals surface area contributed by atoms with E-state index in [1.165, 1.54) is 76.7 Å². The second-order valence-electron chi connectivity index (χ2n) is 6.69. The molecule has 122 valence electrons. The van der Waals surface area contributed by atoms with Gasteiger partial charge in [-0.3, -0.25) is 0 Å². The topological polar surface area (TPSA) is 37.3 Å². The van der Waals surface area contributed by atoms with E-state index in [0.717, 1.165) is 24.7 Å². The van der Waals surface area contributed by atoms with E-state index < -0.39 is 5.97 Å². The SMILES string of the molecule is CCCCCCC1CC1CCCCCCCC=CC(=O)O. The van der Waals surface area contributed by atoms with E-state index in [1.807, 2.05) is 0 Å². The molecule has 1 aliphatic rings. The van der Waals surface area contributed by atoms with Crippen LogP contribution in [0.25, 0.3) is 0 Å². The van der Waals surface area contributed by atoms with Crippen LogP contribution in [0.4, 0.5) is 0 Å². The van der Waals surface area contributed by atoms with Crippen molar-refractivity contribution in [3.63, 3.8) is 0 Å². The van der Waals surface area contributed by atoms with Crippen LogP contribution in [0.5, 0.6) is 0 Å². The summed E-state index contributed by atoms with van der Waals surface area (Å²) < 4.78 is 0. The van der Waals surface area contributed by atoms with Crippen molar-refractivity contribution in [3.05, 3.63) is 12.2 Å². The molecule has 1 aliphatic carbocycles. The maximum absolute atomic E-state index is 10.3. The van der Waals surface area contributed by atoms with E-state index in [1.54, 1.807) is 6.08 Å². The van der Waals surface area contributed by atoms with Gasteiger partial charge in [-0.2, -0.15) is 0 Å². The van der Waals surface area contributed by atoms with Gasteiger partial charge in [0.15, 0.2) is 0 Å². The van der Waals surface area contributed by atoms with Crippen molar-refractivity contribution in [3.8, 4) is 0 Å². The van der Waals surface area contributed by atoms with Gasteiger partial charge in [-0.1, -0.05) is 77.2 Å². The van der Waals surface area contributed by atoms with Gasteiger partial charge in [0, 0.05) is 6.08 Å². The van der Waals surface area contributed by atoms with Crippen LogP contribution in [0.15, 0.2) is 12.2 Å². The summed E-state index contributed by atoms with van der Waals surface area (Å²) in [5.41, 5.74) is 0. The van der Waals surface area contributed by atoms with Crippen LogP contribution in [0.2, 0.25) is 0 Å². The summed E-state index contributed by atoms with van der Waals surface area (Å²) in [6, 6.07) is 0. The maximum Gasteiger partial charge on any atom is 0.327 e. The van der Waals surface area contributed by atoms with Crippen molar-refractivity contribution in [1.29, 1.82) is 0 Å². The van der Waals surface area contributed by atoms with Crippen LogP contribution in [0.1, 0.15) is 90.4 Å². The summed E-state index contributed by atoms with van der Waals surface area (Å²) >= 11 is 0. The predicted octanol–water partition coefficient (Wildman–Crippen LogP) is 5.96. The van der Waals surface area contributed by atoms with Gasteiger partial charge in [0.25, 0.3) is 0 Å². The average molecular weight is 294 g/mol. The Morgan fingerprint density at radius 3 is 2.14 bits per heavy atom. The number of allylic oxidation sites excluding steroid dienone is 1. The normalized spacial score (nSPS) is 21.0. The van der Waals surface area contributed by atoms with Crippen LogP contribution in [0.3, 0.4) is 0 Å².